The molecule has 0 aromatic carbocycles. The van der Waals surface area contributed by atoms with E-state index in [1.807, 2.05) is 13.8 Å². The minimum absolute atomic E-state index is 0.0332. The van der Waals surface area contributed by atoms with E-state index in [0.717, 1.165) is 0 Å². The Morgan fingerprint density at radius 2 is 1.76 bits per heavy atom. The van der Waals surface area contributed by atoms with Crippen molar-refractivity contribution in [3.8, 4) is 6.01 Å². The van der Waals surface area contributed by atoms with Crippen LogP contribution in [0.15, 0.2) is 0 Å². The van der Waals surface area contributed by atoms with Crippen LogP contribution in [0.25, 0.3) is 0 Å². The van der Waals surface area contributed by atoms with Crippen LogP contribution in [-0.2, 0) is 0 Å². The highest BCUT2D eigenvalue weighted by Gasteiger charge is 2.35. The summed E-state index contributed by atoms with van der Waals surface area (Å²) in [5, 5.41) is 13.0. The molecule has 1 heterocycles. The fourth-order valence-corrected chi connectivity index (χ4v) is 1.06. The van der Waals surface area contributed by atoms with E-state index in [1.165, 1.54) is 7.11 Å². The molecule has 96 valence electrons. The van der Waals surface area contributed by atoms with Crippen LogP contribution in [0, 0.1) is 0 Å². The Bertz CT molecular complexity index is 404. The second-order valence-electron chi connectivity index (χ2n) is 4.72. The quantitative estimate of drug-likeness (QED) is 0.854. The first kappa shape index (κ1) is 13.9. The highest BCUT2D eigenvalue weighted by molar-refractivity contribution is 6.28. The van der Waals surface area contributed by atoms with E-state index in [0.29, 0.717) is 0 Å². The van der Waals surface area contributed by atoms with Gasteiger partial charge < -0.3 is 15.2 Å². The summed E-state index contributed by atoms with van der Waals surface area (Å²) in [5.41, 5.74) is -1.60. The van der Waals surface area contributed by atoms with Gasteiger partial charge in [-0.15, -0.1) is 0 Å². The van der Waals surface area contributed by atoms with Crippen LogP contribution in [0.2, 0.25) is 5.28 Å². The van der Waals surface area contributed by atoms with Crippen molar-refractivity contribution < 1.29 is 9.84 Å². The lowest BCUT2D eigenvalue weighted by Crippen LogP contribution is -2.51. The Labute approximate surface area is 105 Å². The van der Waals surface area contributed by atoms with Crippen LogP contribution >= 0.6 is 11.6 Å². The lowest BCUT2D eigenvalue weighted by Gasteiger charge is -2.37. The third-order valence-electron chi connectivity index (χ3n) is 2.72. The Morgan fingerprint density at radius 3 is 2.24 bits per heavy atom. The first-order chi connectivity index (χ1) is 7.65. The molecule has 0 aliphatic rings. The Balaban J connectivity index is 2.99. The molecule has 0 unspecified atom stereocenters. The normalized spacial score (nSPS) is 12.4. The number of aliphatic hydroxyl groups is 1. The zero-order valence-electron chi connectivity index (χ0n) is 10.6. The maximum absolute atomic E-state index is 10.0. The molecule has 2 N–H and O–H groups in total. The fraction of sp³-hybridized carbons (Fsp3) is 0.700. The largest absolute Gasteiger partial charge is 0.467 e. The van der Waals surface area contributed by atoms with Gasteiger partial charge in [0.15, 0.2) is 0 Å². The van der Waals surface area contributed by atoms with Gasteiger partial charge in [0, 0.05) is 0 Å². The summed E-state index contributed by atoms with van der Waals surface area (Å²) in [6, 6.07) is 0.124. The highest BCUT2D eigenvalue weighted by atomic mass is 35.5. The number of rotatable bonds is 4. The van der Waals surface area contributed by atoms with Crippen molar-refractivity contribution in [1.29, 1.82) is 0 Å². The fourth-order valence-electron chi connectivity index (χ4n) is 0.912. The van der Waals surface area contributed by atoms with Gasteiger partial charge in [-0.2, -0.15) is 15.0 Å². The molecule has 7 heteroatoms. The van der Waals surface area contributed by atoms with E-state index in [-0.39, 0.29) is 17.2 Å². The van der Waals surface area contributed by atoms with Gasteiger partial charge in [-0.25, -0.2) is 0 Å². The third-order valence-corrected chi connectivity index (χ3v) is 2.89. The van der Waals surface area contributed by atoms with E-state index < -0.39 is 11.1 Å². The number of hydrogen-bond donors (Lipinski definition) is 2. The maximum Gasteiger partial charge on any atom is 0.322 e. The van der Waals surface area contributed by atoms with Gasteiger partial charge >= 0.3 is 6.01 Å². The van der Waals surface area contributed by atoms with Gasteiger partial charge in [0.05, 0.1) is 18.2 Å². The Kier molecular flexibility index (Phi) is 3.78. The maximum atomic E-state index is 10.0. The van der Waals surface area contributed by atoms with Crippen LogP contribution in [0.1, 0.15) is 27.7 Å². The molecule has 0 saturated carbocycles. The summed E-state index contributed by atoms with van der Waals surface area (Å²) in [5.74, 6) is 0.258. The second-order valence-corrected chi connectivity index (χ2v) is 5.06. The first-order valence-electron chi connectivity index (χ1n) is 5.12. The van der Waals surface area contributed by atoms with E-state index in [2.05, 4.69) is 20.3 Å². The molecule has 6 nitrogen and oxygen atoms in total. The molecule has 0 saturated heterocycles. The second kappa shape index (κ2) is 4.62. The van der Waals surface area contributed by atoms with Crippen LogP contribution in [0.3, 0.4) is 0 Å². The summed E-state index contributed by atoms with van der Waals surface area (Å²) in [7, 11) is 1.44. The summed E-state index contributed by atoms with van der Waals surface area (Å²) < 4.78 is 4.89. The molecule has 0 aliphatic carbocycles. The molecule has 1 aromatic heterocycles. The van der Waals surface area contributed by atoms with E-state index in [9.17, 15) is 5.11 Å². The van der Waals surface area contributed by atoms with Crippen LogP contribution < -0.4 is 10.1 Å². The third kappa shape index (κ3) is 3.41. The van der Waals surface area contributed by atoms with Crippen LogP contribution in [0.5, 0.6) is 6.01 Å². The molecular formula is C10H17ClN4O2. The monoisotopic (exact) mass is 260 g/mol. The molecular weight excluding hydrogens is 244 g/mol. The van der Waals surface area contributed by atoms with Crippen molar-refractivity contribution in [1.82, 2.24) is 15.0 Å². The lowest BCUT2D eigenvalue weighted by atomic mass is 9.86. The van der Waals surface area contributed by atoms with Crippen molar-refractivity contribution in [2.24, 2.45) is 0 Å². The first-order valence-corrected chi connectivity index (χ1v) is 5.49. The topological polar surface area (TPSA) is 80.2 Å². The van der Waals surface area contributed by atoms with E-state index >= 15 is 0 Å². The average molecular weight is 261 g/mol. The smallest absolute Gasteiger partial charge is 0.322 e. The summed E-state index contributed by atoms with van der Waals surface area (Å²) in [6.07, 6.45) is 0. The molecule has 1 aromatic rings. The van der Waals surface area contributed by atoms with Crippen LogP contribution in [0.4, 0.5) is 5.95 Å². The Morgan fingerprint density at radius 1 is 1.18 bits per heavy atom. The predicted molar refractivity (Wildman–Crippen MR) is 65.4 cm³/mol. The van der Waals surface area contributed by atoms with Crippen molar-refractivity contribution in [3.63, 3.8) is 0 Å². The van der Waals surface area contributed by atoms with Gasteiger partial charge in [-0.3, -0.25) is 0 Å². The molecule has 0 fully saturated rings. The van der Waals surface area contributed by atoms with E-state index in [1.54, 1.807) is 13.8 Å². The number of methoxy groups -OCH3 is 1. The van der Waals surface area contributed by atoms with E-state index in [4.69, 9.17) is 16.3 Å². The molecule has 0 spiro atoms. The van der Waals surface area contributed by atoms with Gasteiger partial charge in [0.1, 0.15) is 0 Å². The van der Waals surface area contributed by atoms with Crippen molar-refractivity contribution in [2.75, 3.05) is 12.4 Å². The number of nitrogens with zero attached hydrogens (tertiary/aromatic N) is 3. The SMILES string of the molecule is COc1nc(Cl)nc(NC(C)(C)C(C)(C)O)n1. The van der Waals surface area contributed by atoms with Crippen molar-refractivity contribution >= 4 is 17.5 Å². The van der Waals surface area contributed by atoms with Crippen LogP contribution in [-0.4, -0.2) is 38.3 Å². The number of aromatic nitrogens is 3. The summed E-state index contributed by atoms with van der Waals surface area (Å²) in [6.45, 7) is 7.05. The Hall–Kier alpha value is -1.14. The molecule has 0 radical (unpaired) electrons. The minimum atomic E-state index is -0.959. The van der Waals surface area contributed by atoms with Gasteiger partial charge in [-0.05, 0) is 39.3 Å². The van der Waals surface area contributed by atoms with Gasteiger partial charge in [-0.1, -0.05) is 0 Å². The molecule has 17 heavy (non-hydrogen) atoms. The lowest BCUT2D eigenvalue weighted by molar-refractivity contribution is 0.0236. The number of anilines is 1. The van der Waals surface area contributed by atoms with Gasteiger partial charge in [0.25, 0.3) is 0 Å². The highest BCUT2D eigenvalue weighted by Crippen LogP contribution is 2.25. The van der Waals surface area contributed by atoms with Crippen molar-refractivity contribution in [2.45, 2.75) is 38.8 Å². The number of halogens is 1. The summed E-state index contributed by atoms with van der Waals surface area (Å²) in [4.78, 5) is 11.7. The summed E-state index contributed by atoms with van der Waals surface area (Å²) >= 11 is 5.73. The number of ether oxygens (including phenoxy) is 1. The molecule has 0 amide bonds. The zero-order valence-corrected chi connectivity index (χ0v) is 11.3. The zero-order chi connectivity index (χ0) is 13.3. The number of hydrogen-bond acceptors (Lipinski definition) is 6. The minimum Gasteiger partial charge on any atom is -0.467 e. The molecule has 0 aliphatic heterocycles. The number of nitrogens with one attached hydrogen (secondary N) is 1. The molecule has 1 rings (SSSR count). The predicted octanol–water partition coefficient (Wildman–Crippen LogP) is 1.49. The average Bonchev–Trinajstić information content (AvgIpc) is 2.14. The van der Waals surface area contributed by atoms with Crippen molar-refractivity contribution in [3.05, 3.63) is 5.28 Å². The standard InChI is InChI=1S/C10H17ClN4O2/c1-9(2,10(3,4)16)15-7-12-6(11)13-8(14-7)17-5/h16H,1-5H3,(H,12,13,14,15). The van der Waals surface area contributed by atoms with Gasteiger partial charge in [0.2, 0.25) is 11.2 Å². The molecule has 0 atom stereocenters. The molecule has 0 bridgehead atoms.